The molecule has 6 nitrogen and oxygen atoms in total. The van der Waals surface area contributed by atoms with Gasteiger partial charge in [0.15, 0.2) is 5.69 Å². The first-order valence-corrected chi connectivity index (χ1v) is 7.83. The molecule has 0 aliphatic carbocycles. The summed E-state index contributed by atoms with van der Waals surface area (Å²) in [5.74, 6) is -0.0847. The zero-order valence-electron chi connectivity index (χ0n) is 12.9. The number of fused-ring (bicyclic) bond motifs is 1. The summed E-state index contributed by atoms with van der Waals surface area (Å²) >= 11 is 0. The predicted molar refractivity (Wildman–Crippen MR) is 79.2 cm³/mol. The zero-order chi connectivity index (χ0) is 14.9. The monoisotopic (exact) mass is 292 g/mol. The normalized spacial score (nSPS) is 20.3. The number of aryl methyl sites for hydroxylation is 1. The van der Waals surface area contributed by atoms with Gasteiger partial charge in [0.1, 0.15) is 0 Å². The van der Waals surface area contributed by atoms with Crippen LogP contribution in [0.5, 0.6) is 0 Å². The number of ether oxygens (including phenoxy) is 1. The van der Waals surface area contributed by atoms with Crippen LogP contribution in [0.4, 0.5) is 0 Å². The van der Waals surface area contributed by atoms with Gasteiger partial charge in [-0.3, -0.25) is 9.48 Å². The summed E-state index contributed by atoms with van der Waals surface area (Å²) in [5.41, 5.74) is 2.59. The first-order chi connectivity index (χ1) is 10.2. The first-order valence-electron chi connectivity index (χ1n) is 7.83. The van der Waals surface area contributed by atoms with Crippen LogP contribution in [0.25, 0.3) is 0 Å². The third-order valence-corrected chi connectivity index (χ3v) is 4.55. The van der Waals surface area contributed by atoms with Gasteiger partial charge in [0.05, 0.1) is 12.2 Å². The van der Waals surface area contributed by atoms with Crippen LogP contribution >= 0.6 is 0 Å². The van der Waals surface area contributed by atoms with Crippen molar-refractivity contribution < 1.29 is 9.53 Å². The van der Waals surface area contributed by atoms with Gasteiger partial charge in [-0.25, -0.2) is 0 Å². The fraction of sp³-hybridized carbons (Fsp3) is 0.733. The molecular weight excluding hydrogens is 268 g/mol. The van der Waals surface area contributed by atoms with Crippen molar-refractivity contribution in [2.75, 3.05) is 19.6 Å². The summed E-state index contributed by atoms with van der Waals surface area (Å²) in [6.07, 6.45) is 3.83. The molecule has 116 valence electrons. The molecule has 0 bridgehead atoms. The van der Waals surface area contributed by atoms with Crippen molar-refractivity contribution in [2.45, 2.75) is 44.8 Å². The molecule has 1 fully saturated rings. The SMILES string of the molecule is CCCNC(=O)c1nn(C)c2c1COC1(CCNCC1)C2. The maximum absolute atomic E-state index is 12.2. The molecule has 2 aliphatic rings. The molecule has 1 amide bonds. The number of rotatable bonds is 3. The van der Waals surface area contributed by atoms with Gasteiger partial charge in [0.25, 0.3) is 5.91 Å². The molecule has 21 heavy (non-hydrogen) atoms. The second-order valence-electron chi connectivity index (χ2n) is 6.05. The Kier molecular flexibility index (Phi) is 3.99. The van der Waals surface area contributed by atoms with E-state index in [0.717, 1.165) is 50.0 Å². The highest BCUT2D eigenvalue weighted by Crippen LogP contribution is 2.35. The average molecular weight is 292 g/mol. The second-order valence-corrected chi connectivity index (χ2v) is 6.05. The summed E-state index contributed by atoms with van der Waals surface area (Å²) in [4.78, 5) is 12.2. The van der Waals surface area contributed by atoms with E-state index in [1.165, 1.54) is 0 Å². The van der Waals surface area contributed by atoms with Gasteiger partial charge < -0.3 is 15.4 Å². The largest absolute Gasteiger partial charge is 0.370 e. The highest BCUT2D eigenvalue weighted by atomic mass is 16.5. The minimum atomic E-state index is -0.0847. The molecule has 1 spiro atoms. The predicted octanol–water partition coefficient (Wildman–Crippen LogP) is 0.755. The Morgan fingerprint density at radius 2 is 2.24 bits per heavy atom. The van der Waals surface area contributed by atoms with E-state index in [4.69, 9.17) is 4.74 Å². The summed E-state index contributed by atoms with van der Waals surface area (Å²) < 4.78 is 8.03. The van der Waals surface area contributed by atoms with E-state index < -0.39 is 0 Å². The molecule has 0 radical (unpaired) electrons. The fourth-order valence-corrected chi connectivity index (χ4v) is 3.27. The van der Waals surface area contributed by atoms with Crippen molar-refractivity contribution in [3.05, 3.63) is 17.0 Å². The highest BCUT2D eigenvalue weighted by Gasteiger charge is 2.40. The molecule has 2 aliphatic heterocycles. The summed E-state index contributed by atoms with van der Waals surface area (Å²) in [6, 6.07) is 0. The zero-order valence-corrected chi connectivity index (χ0v) is 12.9. The summed E-state index contributed by atoms with van der Waals surface area (Å²) in [7, 11) is 1.93. The number of amides is 1. The molecule has 1 saturated heterocycles. The Morgan fingerprint density at radius 3 is 2.95 bits per heavy atom. The van der Waals surface area contributed by atoms with Crippen molar-refractivity contribution in [2.24, 2.45) is 7.05 Å². The van der Waals surface area contributed by atoms with E-state index in [0.29, 0.717) is 18.8 Å². The van der Waals surface area contributed by atoms with Crippen LogP contribution < -0.4 is 10.6 Å². The number of carbonyl (C=O) groups is 1. The Bertz CT molecular complexity index is 532. The molecule has 3 rings (SSSR count). The summed E-state index contributed by atoms with van der Waals surface area (Å²) in [6.45, 7) is 5.21. The highest BCUT2D eigenvalue weighted by molar-refractivity contribution is 5.94. The molecule has 0 saturated carbocycles. The minimum Gasteiger partial charge on any atom is -0.370 e. The van der Waals surface area contributed by atoms with Crippen molar-refractivity contribution in [1.82, 2.24) is 20.4 Å². The lowest BCUT2D eigenvalue weighted by Gasteiger charge is -2.40. The Labute approximate surface area is 125 Å². The van der Waals surface area contributed by atoms with Crippen LogP contribution in [0.1, 0.15) is 47.9 Å². The van der Waals surface area contributed by atoms with E-state index in [1.807, 2.05) is 18.7 Å². The van der Waals surface area contributed by atoms with Gasteiger partial charge in [-0.2, -0.15) is 5.10 Å². The molecule has 6 heteroatoms. The van der Waals surface area contributed by atoms with E-state index in [1.54, 1.807) is 0 Å². The lowest BCUT2D eigenvalue weighted by Crippen LogP contribution is -2.47. The first kappa shape index (κ1) is 14.5. The number of nitrogens with one attached hydrogen (secondary N) is 2. The lowest BCUT2D eigenvalue weighted by atomic mass is 9.84. The van der Waals surface area contributed by atoms with Gasteiger partial charge in [-0.15, -0.1) is 0 Å². The van der Waals surface area contributed by atoms with Crippen LogP contribution in [-0.2, 0) is 24.8 Å². The van der Waals surface area contributed by atoms with Crippen LogP contribution in [0, 0.1) is 0 Å². The number of carbonyl (C=O) groups excluding carboxylic acids is 1. The topological polar surface area (TPSA) is 68.2 Å². The molecule has 2 N–H and O–H groups in total. The summed E-state index contributed by atoms with van der Waals surface area (Å²) in [5, 5.41) is 10.7. The molecule has 1 aromatic rings. The average Bonchev–Trinajstić information content (AvgIpc) is 2.82. The number of hydrogen-bond donors (Lipinski definition) is 2. The van der Waals surface area contributed by atoms with Crippen LogP contribution in [0.15, 0.2) is 0 Å². The maximum atomic E-state index is 12.2. The molecular formula is C15H24N4O2. The van der Waals surface area contributed by atoms with Gasteiger partial charge >= 0.3 is 0 Å². The molecule has 0 atom stereocenters. The third-order valence-electron chi connectivity index (χ3n) is 4.55. The van der Waals surface area contributed by atoms with Gasteiger partial charge in [0, 0.05) is 31.3 Å². The van der Waals surface area contributed by atoms with Gasteiger partial charge in [-0.05, 0) is 32.4 Å². The maximum Gasteiger partial charge on any atom is 0.272 e. The minimum absolute atomic E-state index is 0.0663. The van der Waals surface area contributed by atoms with E-state index in [-0.39, 0.29) is 11.5 Å². The Balaban J connectivity index is 1.83. The number of hydrogen-bond acceptors (Lipinski definition) is 4. The molecule has 1 aromatic heterocycles. The molecule has 3 heterocycles. The van der Waals surface area contributed by atoms with Gasteiger partial charge in [-0.1, -0.05) is 6.92 Å². The standard InChI is InChI=1S/C15H24N4O2/c1-3-6-17-14(20)13-11-10-21-15(4-7-16-8-5-15)9-12(11)19(2)18-13/h16H,3-10H2,1-2H3,(H,17,20). The lowest BCUT2D eigenvalue weighted by molar-refractivity contribution is -0.0869. The number of nitrogens with zero attached hydrogens (tertiary/aromatic N) is 2. The van der Waals surface area contributed by atoms with E-state index in [9.17, 15) is 4.79 Å². The quantitative estimate of drug-likeness (QED) is 0.863. The van der Waals surface area contributed by atoms with Gasteiger partial charge in [0.2, 0.25) is 0 Å². The van der Waals surface area contributed by atoms with Crippen molar-refractivity contribution >= 4 is 5.91 Å². The molecule has 0 unspecified atom stereocenters. The smallest absolute Gasteiger partial charge is 0.272 e. The van der Waals surface area contributed by atoms with Crippen molar-refractivity contribution in [3.63, 3.8) is 0 Å². The van der Waals surface area contributed by atoms with Crippen molar-refractivity contribution in [3.8, 4) is 0 Å². The fourth-order valence-electron chi connectivity index (χ4n) is 3.27. The van der Waals surface area contributed by atoms with E-state index >= 15 is 0 Å². The number of piperidine rings is 1. The second kappa shape index (κ2) is 5.77. The van der Waals surface area contributed by atoms with E-state index in [2.05, 4.69) is 15.7 Å². The number of aromatic nitrogens is 2. The Hall–Kier alpha value is -1.40. The Morgan fingerprint density at radius 1 is 1.48 bits per heavy atom. The molecule has 0 aromatic carbocycles. The van der Waals surface area contributed by atoms with Crippen LogP contribution in [0.3, 0.4) is 0 Å². The van der Waals surface area contributed by atoms with Crippen LogP contribution in [0.2, 0.25) is 0 Å². The third kappa shape index (κ3) is 2.70. The van der Waals surface area contributed by atoms with Crippen molar-refractivity contribution in [1.29, 1.82) is 0 Å². The van der Waals surface area contributed by atoms with Crippen LogP contribution in [-0.4, -0.2) is 40.9 Å².